The average molecular weight is 362 g/mol. The highest BCUT2D eigenvalue weighted by molar-refractivity contribution is 6.31. The molecule has 0 aromatic heterocycles. The molecule has 1 N–H and O–H groups in total. The van der Waals surface area contributed by atoms with Gasteiger partial charge in [-0.25, -0.2) is 4.39 Å². The van der Waals surface area contributed by atoms with Crippen molar-refractivity contribution in [3.05, 3.63) is 34.6 Å². The highest BCUT2D eigenvalue weighted by Crippen LogP contribution is 2.22. The lowest BCUT2D eigenvalue weighted by atomic mass is 10.1. The second kappa shape index (κ2) is 8.29. The third-order valence-electron chi connectivity index (χ3n) is 4.57. The first-order valence-electron chi connectivity index (χ1n) is 7.80. The van der Waals surface area contributed by atoms with Crippen molar-refractivity contribution < 1.29 is 9.18 Å². The molecular formula is C16H22Cl2FN3O. The van der Waals surface area contributed by atoms with Crippen LogP contribution >= 0.6 is 24.0 Å². The number of halogens is 3. The number of nitrogens with one attached hydrogen (secondary N) is 1. The molecule has 23 heavy (non-hydrogen) atoms. The Hall–Kier alpha value is -0.880. The molecule has 0 bridgehead atoms. The maximum absolute atomic E-state index is 13.8. The Balaban J connectivity index is 0.00000192. The van der Waals surface area contributed by atoms with E-state index in [0.29, 0.717) is 16.6 Å². The minimum Gasteiger partial charge on any atom is -0.341 e. The Labute approximate surface area is 147 Å². The Morgan fingerprint density at radius 3 is 2.74 bits per heavy atom. The van der Waals surface area contributed by atoms with Crippen molar-refractivity contribution in [1.29, 1.82) is 0 Å². The lowest BCUT2D eigenvalue weighted by Crippen LogP contribution is -2.49. The summed E-state index contributed by atoms with van der Waals surface area (Å²) in [6.07, 6.45) is 1.04. The normalized spacial score (nSPS) is 22.0. The van der Waals surface area contributed by atoms with Crippen LogP contribution in [-0.2, 0) is 11.2 Å². The van der Waals surface area contributed by atoms with Gasteiger partial charge in [0.15, 0.2) is 0 Å². The molecule has 2 heterocycles. The van der Waals surface area contributed by atoms with E-state index in [2.05, 4.69) is 10.2 Å². The van der Waals surface area contributed by atoms with Crippen LogP contribution in [0.15, 0.2) is 18.2 Å². The third kappa shape index (κ3) is 4.35. The SMILES string of the molecule is Cl.O=C(Cc1c(F)cccc1Cl)N1CCC(N2CCNCC2)C1. The lowest BCUT2D eigenvalue weighted by Gasteiger charge is -2.32. The molecule has 7 heteroatoms. The fourth-order valence-electron chi connectivity index (χ4n) is 3.28. The molecule has 1 unspecified atom stereocenters. The molecule has 2 aliphatic rings. The van der Waals surface area contributed by atoms with Crippen LogP contribution in [-0.4, -0.2) is 61.0 Å². The maximum atomic E-state index is 13.8. The molecule has 0 spiro atoms. The summed E-state index contributed by atoms with van der Waals surface area (Å²) in [6.45, 7) is 5.58. The fraction of sp³-hybridized carbons (Fsp3) is 0.562. The summed E-state index contributed by atoms with van der Waals surface area (Å²) >= 11 is 6.00. The molecule has 1 amide bonds. The Kier molecular flexibility index (Phi) is 6.65. The average Bonchev–Trinajstić information content (AvgIpc) is 3.02. The van der Waals surface area contributed by atoms with Crippen LogP contribution in [0.4, 0.5) is 4.39 Å². The largest absolute Gasteiger partial charge is 0.341 e. The van der Waals surface area contributed by atoms with E-state index < -0.39 is 5.82 Å². The molecule has 1 aromatic rings. The summed E-state index contributed by atoms with van der Waals surface area (Å²) in [7, 11) is 0. The molecule has 1 aromatic carbocycles. The molecule has 2 fully saturated rings. The number of likely N-dealkylation sites (tertiary alicyclic amines) is 1. The molecule has 0 radical (unpaired) electrons. The Morgan fingerprint density at radius 2 is 2.04 bits per heavy atom. The van der Waals surface area contributed by atoms with Gasteiger partial charge in [0, 0.05) is 55.9 Å². The van der Waals surface area contributed by atoms with Crippen molar-refractivity contribution in [2.24, 2.45) is 0 Å². The molecule has 2 saturated heterocycles. The number of hydrogen-bond donors (Lipinski definition) is 1. The Morgan fingerprint density at radius 1 is 1.30 bits per heavy atom. The fourth-order valence-corrected chi connectivity index (χ4v) is 3.51. The van der Waals surface area contributed by atoms with E-state index in [0.717, 1.165) is 45.7 Å². The second-order valence-electron chi connectivity index (χ2n) is 5.95. The number of hydrogen-bond acceptors (Lipinski definition) is 3. The van der Waals surface area contributed by atoms with Gasteiger partial charge in [-0.3, -0.25) is 9.69 Å². The minimum absolute atomic E-state index is 0. The summed E-state index contributed by atoms with van der Waals surface area (Å²) in [6, 6.07) is 4.96. The summed E-state index contributed by atoms with van der Waals surface area (Å²) in [4.78, 5) is 16.7. The van der Waals surface area contributed by atoms with Gasteiger partial charge in [0.25, 0.3) is 0 Å². The van der Waals surface area contributed by atoms with Crippen LogP contribution in [0.3, 0.4) is 0 Å². The van der Waals surface area contributed by atoms with E-state index in [4.69, 9.17) is 11.6 Å². The topological polar surface area (TPSA) is 35.6 Å². The molecule has 128 valence electrons. The quantitative estimate of drug-likeness (QED) is 0.893. The van der Waals surface area contributed by atoms with Crippen molar-refractivity contribution in [1.82, 2.24) is 15.1 Å². The molecule has 0 aliphatic carbocycles. The van der Waals surface area contributed by atoms with Crippen molar-refractivity contribution >= 4 is 29.9 Å². The molecule has 3 rings (SSSR count). The molecule has 4 nitrogen and oxygen atoms in total. The van der Waals surface area contributed by atoms with E-state index in [-0.39, 0.29) is 24.7 Å². The summed E-state index contributed by atoms with van der Waals surface area (Å²) in [5, 5.41) is 3.66. The number of nitrogens with zero attached hydrogens (tertiary/aromatic N) is 2. The molecule has 1 atom stereocenters. The summed E-state index contributed by atoms with van der Waals surface area (Å²) in [5.74, 6) is -0.441. The molecule has 0 saturated carbocycles. The molecule has 2 aliphatic heterocycles. The standard InChI is InChI=1S/C16H21ClFN3O.ClH/c17-14-2-1-3-15(18)13(14)10-16(22)21-7-4-12(11-21)20-8-5-19-6-9-20;/h1-3,12,19H,4-11H2;1H. The highest BCUT2D eigenvalue weighted by Gasteiger charge is 2.31. The van der Waals surface area contributed by atoms with Gasteiger partial charge in [-0.1, -0.05) is 17.7 Å². The zero-order valence-corrected chi connectivity index (χ0v) is 14.5. The van der Waals surface area contributed by atoms with Crippen molar-refractivity contribution in [2.75, 3.05) is 39.3 Å². The van der Waals surface area contributed by atoms with Crippen LogP contribution in [0, 0.1) is 5.82 Å². The van der Waals surface area contributed by atoms with Gasteiger partial charge in [-0.05, 0) is 18.6 Å². The van der Waals surface area contributed by atoms with Crippen molar-refractivity contribution in [3.63, 3.8) is 0 Å². The van der Waals surface area contributed by atoms with Crippen LogP contribution in [0.1, 0.15) is 12.0 Å². The van der Waals surface area contributed by atoms with E-state index >= 15 is 0 Å². The summed E-state index contributed by atoms with van der Waals surface area (Å²) in [5.41, 5.74) is 0.305. The maximum Gasteiger partial charge on any atom is 0.227 e. The number of benzene rings is 1. The summed E-state index contributed by atoms with van der Waals surface area (Å²) < 4.78 is 13.8. The van der Waals surface area contributed by atoms with Gasteiger partial charge >= 0.3 is 0 Å². The minimum atomic E-state index is -0.404. The van der Waals surface area contributed by atoms with Crippen molar-refractivity contribution in [2.45, 2.75) is 18.9 Å². The van der Waals surface area contributed by atoms with E-state index in [1.165, 1.54) is 6.07 Å². The van der Waals surface area contributed by atoms with Crippen LogP contribution in [0.25, 0.3) is 0 Å². The number of piperazine rings is 1. The van der Waals surface area contributed by atoms with Gasteiger partial charge in [0.1, 0.15) is 5.82 Å². The first kappa shape index (κ1) is 18.5. The number of carbonyl (C=O) groups excluding carboxylic acids is 1. The van der Waals surface area contributed by atoms with Gasteiger partial charge < -0.3 is 10.2 Å². The zero-order valence-electron chi connectivity index (χ0n) is 12.9. The van der Waals surface area contributed by atoms with E-state index in [1.54, 1.807) is 12.1 Å². The predicted octanol–water partition coefficient (Wildman–Crippen LogP) is 1.95. The number of amides is 1. The van der Waals surface area contributed by atoms with Gasteiger partial charge in [-0.15, -0.1) is 12.4 Å². The molecular weight excluding hydrogens is 340 g/mol. The lowest BCUT2D eigenvalue weighted by molar-refractivity contribution is -0.129. The Bertz CT molecular complexity index is 532. The third-order valence-corrected chi connectivity index (χ3v) is 4.93. The highest BCUT2D eigenvalue weighted by atomic mass is 35.5. The van der Waals surface area contributed by atoms with Crippen molar-refractivity contribution in [3.8, 4) is 0 Å². The van der Waals surface area contributed by atoms with Gasteiger partial charge in [0.2, 0.25) is 5.91 Å². The number of rotatable bonds is 3. The van der Waals surface area contributed by atoms with Crippen LogP contribution in [0.5, 0.6) is 0 Å². The predicted molar refractivity (Wildman–Crippen MR) is 91.8 cm³/mol. The monoisotopic (exact) mass is 361 g/mol. The zero-order chi connectivity index (χ0) is 15.5. The smallest absolute Gasteiger partial charge is 0.227 e. The first-order chi connectivity index (χ1) is 10.6. The van der Waals surface area contributed by atoms with E-state index in [9.17, 15) is 9.18 Å². The van der Waals surface area contributed by atoms with E-state index in [1.807, 2.05) is 4.90 Å². The van der Waals surface area contributed by atoms with Gasteiger partial charge in [-0.2, -0.15) is 0 Å². The first-order valence-corrected chi connectivity index (χ1v) is 8.18. The van der Waals surface area contributed by atoms with Crippen LogP contribution < -0.4 is 5.32 Å². The van der Waals surface area contributed by atoms with Gasteiger partial charge in [0.05, 0.1) is 6.42 Å². The second-order valence-corrected chi connectivity index (χ2v) is 6.35. The number of carbonyl (C=O) groups is 1. The van der Waals surface area contributed by atoms with Crippen LogP contribution in [0.2, 0.25) is 5.02 Å².